The van der Waals surface area contributed by atoms with Crippen molar-refractivity contribution in [3.05, 3.63) is 12.2 Å². The van der Waals surface area contributed by atoms with E-state index in [1.54, 1.807) is 20.8 Å². The van der Waals surface area contributed by atoms with Crippen LogP contribution in [0.2, 0.25) is 0 Å². The highest BCUT2D eigenvalue weighted by Gasteiger charge is 2.45. The second-order valence-electron chi connectivity index (χ2n) is 4.41. The van der Waals surface area contributed by atoms with Gasteiger partial charge < -0.3 is 0 Å². The van der Waals surface area contributed by atoms with Gasteiger partial charge in [-0.05, 0) is 31.8 Å². The molecule has 5 nitrogen and oxygen atoms in total. The van der Waals surface area contributed by atoms with E-state index >= 15 is 0 Å². The molecule has 0 spiro atoms. The van der Waals surface area contributed by atoms with E-state index in [2.05, 4.69) is 10.8 Å². The highest BCUT2D eigenvalue weighted by molar-refractivity contribution is 7.81. The van der Waals surface area contributed by atoms with E-state index in [0.717, 1.165) is 0 Å². The highest BCUT2D eigenvalue weighted by atomic mass is 32.3. The SMILES string of the molecule is C=C(C)C(=O)C(CC)(OS(=O)(=O)OCC)C(C)C. The Kier molecular flexibility index (Phi) is 6.19. The molecule has 1 unspecified atom stereocenters. The molecule has 6 heteroatoms. The first-order valence-corrected chi connectivity index (χ1v) is 7.26. The molecular formula is C12H22O5S. The monoisotopic (exact) mass is 278 g/mol. The zero-order valence-corrected chi connectivity index (χ0v) is 12.5. The summed E-state index contributed by atoms with van der Waals surface area (Å²) < 4.78 is 32.8. The van der Waals surface area contributed by atoms with Crippen molar-refractivity contribution in [2.24, 2.45) is 5.92 Å². The summed E-state index contributed by atoms with van der Waals surface area (Å²) in [6.07, 6.45) is 0.225. The van der Waals surface area contributed by atoms with E-state index in [-0.39, 0.29) is 24.5 Å². The molecule has 1 atom stereocenters. The van der Waals surface area contributed by atoms with Gasteiger partial charge in [-0.2, -0.15) is 8.42 Å². The number of carbonyl (C=O) groups excluding carboxylic acids is 1. The summed E-state index contributed by atoms with van der Waals surface area (Å²) in [7, 11) is -4.19. The lowest BCUT2D eigenvalue weighted by atomic mass is 9.81. The average Bonchev–Trinajstić information content (AvgIpc) is 2.24. The number of hydrogen-bond acceptors (Lipinski definition) is 5. The minimum atomic E-state index is -4.19. The molecule has 0 saturated carbocycles. The lowest BCUT2D eigenvalue weighted by molar-refractivity contribution is -0.135. The van der Waals surface area contributed by atoms with Crippen LogP contribution in [0.4, 0.5) is 0 Å². The Hall–Kier alpha value is -0.720. The van der Waals surface area contributed by atoms with Gasteiger partial charge in [0.15, 0.2) is 11.4 Å². The molecule has 0 aromatic carbocycles. The van der Waals surface area contributed by atoms with Crippen LogP contribution >= 0.6 is 0 Å². The van der Waals surface area contributed by atoms with Crippen molar-refractivity contribution in [1.29, 1.82) is 0 Å². The molecule has 0 aliphatic rings. The first kappa shape index (κ1) is 17.3. The van der Waals surface area contributed by atoms with Crippen molar-refractivity contribution >= 4 is 16.2 Å². The molecule has 106 valence electrons. The summed E-state index contributed by atoms with van der Waals surface area (Å²) in [5, 5.41) is 0. The summed E-state index contributed by atoms with van der Waals surface area (Å²) in [6.45, 7) is 11.7. The molecule has 0 radical (unpaired) electrons. The maximum absolute atomic E-state index is 12.2. The van der Waals surface area contributed by atoms with Crippen molar-refractivity contribution in [3.8, 4) is 0 Å². The summed E-state index contributed by atoms with van der Waals surface area (Å²) >= 11 is 0. The number of Topliss-reactive ketones (excluding diaryl/α,β-unsaturated/α-hetero) is 1. The number of carbonyl (C=O) groups is 1. The number of ketones is 1. The first-order chi connectivity index (χ1) is 8.13. The zero-order valence-electron chi connectivity index (χ0n) is 11.6. The van der Waals surface area contributed by atoms with Gasteiger partial charge in [-0.1, -0.05) is 27.4 Å². The second kappa shape index (κ2) is 6.45. The molecule has 0 fully saturated rings. The third kappa shape index (κ3) is 3.90. The minimum absolute atomic E-state index is 0.0402. The molecule has 0 aliphatic carbocycles. The Morgan fingerprint density at radius 1 is 1.33 bits per heavy atom. The standard InChI is InChI=1S/C12H22O5S/c1-7-12(10(5)6,11(13)9(3)4)17-18(14,15)16-8-2/h10H,3,7-8H2,1-2,4-6H3. The Bertz CT molecular complexity index is 410. The van der Waals surface area contributed by atoms with Crippen LogP contribution in [0, 0.1) is 5.92 Å². The number of hydrogen-bond donors (Lipinski definition) is 0. The van der Waals surface area contributed by atoms with E-state index in [0.29, 0.717) is 0 Å². The van der Waals surface area contributed by atoms with E-state index in [1.807, 2.05) is 0 Å². The maximum Gasteiger partial charge on any atom is 0.400 e. The fourth-order valence-electron chi connectivity index (χ4n) is 1.74. The topological polar surface area (TPSA) is 69.7 Å². The molecule has 0 N–H and O–H groups in total. The van der Waals surface area contributed by atoms with Crippen LogP contribution in [0.15, 0.2) is 12.2 Å². The van der Waals surface area contributed by atoms with Crippen LogP contribution in [0.25, 0.3) is 0 Å². The van der Waals surface area contributed by atoms with Gasteiger partial charge in [-0.25, -0.2) is 8.37 Å². The zero-order chi connectivity index (χ0) is 14.6. The van der Waals surface area contributed by atoms with Crippen molar-refractivity contribution in [2.45, 2.75) is 46.6 Å². The Morgan fingerprint density at radius 2 is 1.83 bits per heavy atom. The van der Waals surface area contributed by atoms with Gasteiger partial charge in [-0.15, -0.1) is 0 Å². The van der Waals surface area contributed by atoms with E-state index < -0.39 is 21.8 Å². The third-order valence-electron chi connectivity index (χ3n) is 2.74. The smallest absolute Gasteiger partial charge is 0.291 e. The van der Waals surface area contributed by atoms with Gasteiger partial charge in [0, 0.05) is 0 Å². The Labute approximate surface area is 109 Å². The van der Waals surface area contributed by atoms with Crippen LogP contribution in [-0.4, -0.2) is 26.4 Å². The highest BCUT2D eigenvalue weighted by Crippen LogP contribution is 2.31. The van der Waals surface area contributed by atoms with Crippen molar-refractivity contribution in [3.63, 3.8) is 0 Å². The van der Waals surface area contributed by atoms with Crippen molar-refractivity contribution in [1.82, 2.24) is 0 Å². The molecule has 0 bridgehead atoms. The molecule has 0 aromatic heterocycles. The van der Waals surface area contributed by atoms with Crippen LogP contribution in [0.1, 0.15) is 41.0 Å². The summed E-state index contributed by atoms with van der Waals surface area (Å²) in [6, 6.07) is 0. The Morgan fingerprint density at radius 3 is 2.11 bits per heavy atom. The predicted octanol–water partition coefficient (Wildman–Crippen LogP) is 2.23. The molecule has 0 heterocycles. The van der Waals surface area contributed by atoms with Crippen LogP contribution in [-0.2, 0) is 23.6 Å². The van der Waals surface area contributed by atoms with Gasteiger partial charge in [0.05, 0.1) is 6.61 Å². The summed E-state index contributed by atoms with van der Waals surface area (Å²) in [5.74, 6) is -0.731. The number of rotatable bonds is 8. The lowest BCUT2D eigenvalue weighted by Gasteiger charge is -2.33. The molecule has 0 saturated heterocycles. The van der Waals surface area contributed by atoms with E-state index in [4.69, 9.17) is 4.18 Å². The average molecular weight is 278 g/mol. The first-order valence-electron chi connectivity index (χ1n) is 5.93. The third-order valence-corrected chi connectivity index (χ3v) is 3.77. The molecule has 18 heavy (non-hydrogen) atoms. The fraction of sp³-hybridized carbons (Fsp3) is 0.750. The van der Waals surface area contributed by atoms with E-state index in [1.165, 1.54) is 13.8 Å². The van der Waals surface area contributed by atoms with Gasteiger partial charge in [0.2, 0.25) is 0 Å². The maximum atomic E-state index is 12.2. The Balaban J connectivity index is 5.50. The van der Waals surface area contributed by atoms with Gasteiger partial charge in [-0.3, -0.25) is 4.79 Å². The normalized spacial score (nSPS) is 15.4. The molecule has 0 aromatic rings. The van der Waals surface area contributed by atoms with Gasteiger partial charge in [0.1, 0.15) is 0 Å². The fourth-order valence-corrected chi connectivity index (χ4v) is 2.82. The van der Waals surface area contributed by atoms with E-state index in [9.17, 15) is 13.2 Å². The lowest BCUT2D eigenvalue weighted by Crippen LogP contribution is -2.48. The van der Waals surface area contributed by atoms with Crippen LogP contribution in [0.3, 0.4) is 0 Å². The quantitative estimate of drug-likeness (QED) is 0.637. The molecule has 0 amide bonds. The van der Waals surface area contributed by atoms with Crippen LogP contribution in [0.5, 0.6) is 0 Å². The van der Waals surface area contributed by atoms with Crippen LogP contribution < -0.4 is 0 Å². The van der Waals surface area contributed by atoms with Gasteiger partial charge >= 0.3 is 10.4 Å². The van der Waals surface area contributed by atoms with Gasteiger partial charge in [0.25, 0.3) is 0 Å². The second-order valence-corrected chi connectivity index (χ2v) is 5.62. The minimum Gasteiger partial charge on any atom is -0.291 e. The van der Waals surface area contributed by atoms with Crippen molar-refractivity contribution < 1.29 is 21.6 Å². The molecule has 0 rings (SSSR count). The summed E-state index contributed by atoms with van der Waals surface area (Å²) in [5.41, 5.74) is -1.18. The molecule has 0 aliphatic heterocycles. The predicted molar refractivity (Wildman–Crippen MR) is 69.3 cm³/mol. The molecular weight excluding hydrogens is 256 g/mol. The summed E-state index contributed by atoms with van der Waals surface area (Å²) in [4.78, 5) is 12.2. The largest absolute Gasteiger partial charge is 0.400 e. The van der Waals surface area contributed by atoms with Crippen molar-refractivity contribution in [2.75, 3.05) is 6.61 Å².